The van der Waals surface area contributed by atoms with Gasteiger partial charge in [0.2, 0.25) is 0 Å². The van der Waals surface area contributed by atoms with E-state index in [4.69, 9.17) is 12.8 Å². The lowest BCUT2D eigenvalue weighted by Gasteiger charge is -2.29. The van der Waals surface area contributed by atoms with Gasteiger partial charge in [-0.25, -0.2) is 0 Å². The fourth-order valence-electron chi connectivity index (χ4n) is 3.45. The monoisotopic (exact) mass is 362 g/mol. The molecule has 0 aliphatic heterocycles. The molecular weight excluding hydrogens is 316 g/mol. The summed E-state index contributed by atoms with van der Waals surface area (Å²) in [5, 5.41) is 0. The SMILES string of the molecule is C#CCC[N+](C)(C)CCCCCCCCCCCC[N+](C)(C)CCC#C. The molecule has 0 aromatic rings. The minimum atomic E-state index is 0.897. The minimum absolute atomic E-state index is 0.897. The quantitative estimate of drug-likeness (QED) is 0.192. The second kappa shape index (κ2) is 15.1. The van der Waals surface area contributed by atoms with Crippen molar-refractivity contribution in [3.05, 3.63) is 0 Å². The van der Waals surface area contributed by atoms with Crippen LogP contribution in [-0.4, -0.2) is 63.3 Å². The van der Waals surface area contributed by atoms with Gasteiger partial charge < -0.3 is 8.97 Å². The second-order valence-electron chi connectivity index (χ2n) is 9.21. The minimum Gasteiger partial charge on any atom is -0.328 e. The maximum absolute atomic E-state index is 5.37. The highest BCUT2D eigenvalue weighted by Crippen LogP contribution is 2.13. The number of hydrogen-bond donors (Lipinski definition) is 0. The van der Waals surface area contributed by atoms with Gasteiger partial charge in [-0.15, -0.1) is 24.7 Å². The Labute approximate surface area is 165 Å². The van der Waals surface area contributed by atoms with Gasteiger partial charge in [0.05, 0.1) is 67.2 Å². The summed E-state index contributed by atoms with van der Waals surface area (Å²) in [6.07, 6.45) is 26.4. The number of terminal acetylenes is 2. The molecule has 0 unspecified atom stereocenters. The molecule has 0 aliphatic carbocycles. The van der Waals surface area contributed by atoms with Gasteiger partial charge in [0.25, 0.3) is 0 Å². The Balaban J connectivity index is 3.37. The summed E-state index contributed by atoms with van der Waals surface area (Å²) in [6.45, 7) is 4.74. The van der Waals surface area contributed by atoms with E-state index in [1.807, 2.05) is 0 Å². The third-order valence-electron chi connectivity index (χ3n) is 5.50. The summed E-state index contributed by atoms with van der Waals surface area (Å²) in [4.78, 5) is 0. The van der Waals surface area contributed by atoms with Crippen LogP contribution in [0.25, 0.3) is 0 Å². The average molecular weight is 363 g/mol. The molecule has 0 bridgehead atoms. The molecule has 0 rings (SSSR count). The molecule has 0 spiro atoms. The van der Waals surface area contributed by atoms with Crippen molar-refractivity contribution in [1.29, 1.82) is 0 Å². The van der Waals surface area contributed by atoms with Gasteiger partial charge in [-0.2, -0.15) is 0 Å². The second-order valence-corrected chi connectivity index (χ2v) is 9.21. The zero-order chi connectivity index (χ0) is 19.7. The number of rotatable bonds is 17. The van der Waals surface area contributed by atoms with Crippen LogP contribution in [0, 0.1) is 24.7 Å². The first-order valence-electron chi connectivity index (χ1n) is 10.8. The number of nitrogens with zero attached hydrogens (tertiary/aromatic N) is 2. The third-order valence-corrected chi connectivity index (χ3v) is 5.50. The zero-order valence-electron chi connectivity index (χ0n) is 18.4. The van der Waals surface area contributed by atoms with E-state index in [-0.39, 0.29) is 0 Å². The molecule has 0 N–H and O–H groups in total. The van der Waals surface area contributed by atoms with Crippen LogP contribution in [-0.2, 0) is 0 Å². The Kier molecular flexibility index (Phi) is 14.6. The fourth-order valence-corrected chi connectivity index (χ4v) is 3.45. The zero-order valence-corrected chi connectivity index (χ0v) is 18.4. The Morgan fingerprint density at radius 1 is 0.462 bits per heavy atom. The molecule has 2 heteroatoms. The van der Waals surface area contributed by atoms with Crippen molar-refractivity contribution >= 4 is 0 Å². The highest BCUT2D eigenvalue weighted by molar-refractivity contribution is 4.83. The van der Waals surface area contributed by atoms with E-state index in [0.717, 1.165) is 34.9 Å². The van der Waals surface area contributed by atoms with Gasteiger partial charge >= 0.3 is 0 Å². The molecule has 0 radical (unpaired) electrons. The summed E-state index contributed by atoms with van der Waals surface area (Å²) < 4.78 is 2.14. The summed E-state index contributed by atoms with van der Waals surface area (Å²) in [5.74, 6) is 5.52. The van der Waals surface area contributed by atoms with Crippen LogP contribution in [0.4, 0.5) is 0 Å². The predicted octanol–water partition coefficient (Wildman–Crippen LogP) is 5.09. The number of unbranched alkanes of at least 4 members (excludes halogenated alkanes) is 9. The van der Waals surface area contributed by atoms with Gasteiger partial charge in [-0.1, -0.05) is 38.5 Å². The molecule has 0 amide bonds. The molecule has 0 saturated carbocycles. The van der Waals surface area contributed by atoms with Crippen LogP contribution in [0.15, 0.2) is 0 Å². The molecule has 0 fully saturated rings. The van der Waals surface area contributed by atoms with E-state index in [1.165, 1.54) is 77.3 Å². The van der Waals surface area contributed by atoms with Crippen molar-refractivity contribution in [3.63, 3.8) is 0 Å². The fraction of sp³-hybridized carbons (Fsp3) is 0.833. The van der Waals surface area contributed by atoms with E-state index < -0.39 is 0 Å². The molecule has 0 aliphatic rings. The summed E-state index contributed by atoms with van der Waals surface area (Å²) in [5.41, 5.74) is 0. The van der Waals surface area contributed by atoms with Gasteiger partial charge in [0.15, 0.2) is 0 Å². The topological polar surface area (TPSA) is 0 Å². The van der Waals surface area contributed by atoms with Crippen molar-refractivity contribution in [3.8, 4) is 24.7 Å². The van der Waals surface area contributed by atoms with Gasteiger partial charge in [0.1, 0.15) is 0 Å². The van der Waals surface area contributed by atoms with Crippen molar-refractivity contribution < 1.29 is 8.97 Å². The molecule has 0 aromatic carbocycles. The van der Waals surface area contributed by atoms with Crippen LogP contribution < -0.4 is 0 Å². The largest absolute Gasteiger partial charge is 0.328 e. The predicted molar refractivity (Wildman–Crippen MR) is 117 cm³/mol. The van der Waals surface area contributed by atoms with Crippen LogP contribution in [0.5, 0.6) is 0 Å². The van der Waals surface area contributed by atoms with Gasteiger partial charge in [-0.05, 0) is 25.7 Å². The standard InChI is InChI=1S/C24H46N2/c1-7-9-21-25(3,4)23-19-17-15-13-11-12-14-16-18-20-24-26(5,6)22-10-8-2/h1-2H,9-24H2,3-6H3/q+2. The lowest BCUT2D eigenvalue weighted by atomic mass is 10.1. The maximum atomic E-state index is 5.37. The molecule has 0 aromatic heterocycles. The molecule has 0 saturated heterocycles. The lowest BCUT2D eigenvalue weighted by molar-refractivity contribution is -0.890. The first kappa shape index (κ1) is 25.0. The molecule has 0 atom stereocenters. The Hall–Kier alpha value is -0.960. The van der Waals surface area contributed by atoms with Crippen LogP contribution in [0.1, 0.15) is 77.0 Å². The van der Waals surface area contributed by atoms with Crippen molar-refractivity contribution in [2.75, 3.05) is 54.4 Å². The van der Waals surface area contributed by atoms with E-state index in [9.17, 15) is 0 Å². The smallest absolute Gasteiger partial charge is 0.0893 e. The van der Waals surface area contributed by atoms with Gasteiger partial charge in [-0.3, -0.25) is 0 Å². The van der Waals surface area contributed by atoms with Crippen LogP contribution >= 0.6 is 0 Å². The van der Waals surface area contributed by atoms with Gasteiger partial charge in [0, 0.05) is 0 Å². The average Bonchev–Trinajstić information content (AvgIpc) is 2.59. The summed E-state index contributed by atoms with van der Waals surface area (Å²) in [6, 6.07) is 0. The lowest BCUT2D eigenvalue weighted by Crippen LogP contribution is -2.41. The normalized spacial score (nSPS) is 11.9. The highest BCUT2D eigenvalue weighted by atomic mass is 15.3. The molecular formula is C24H46N2+2. The Morgan fingerprint density at radius 2 is 0.731 bits per heavy atom. The summed E-state index contributed by atoms with van der Waals surface area (Å²) in [7, 11) is 9.19. The third kappa shape index (κ3) is 16.5. The first-order valence-corrected chi connectivity index (χ1v) is 10.8. The van der Waals surface area contributed by atoms with Crippen molar-refractivity contribution in [1.82, 2.24) is 0 Å². The Morgan fingerprint density at radius 3 is 1.00 bits per heavy atom. The van der Waals surface area contributed by atoms with Crippen molar-refractivity contribution in [2.24, 2.45) is 0 Å². The van der Waals surface area contributed by atoms with E-state index in [2.05, 4.69) is 40.0 Å². The van der Waals surface area contributed by atoms with Crippen LogP contribution in [0.2, 0.25) is 0 Å². The maximum Gasteiger partial charge on any atom is 0.0893 e. The molecule has 26 heavy (non-hydrogen) atoms. The van der Waals surface area contributed by atoms with E-state index >= 15 is 0 Å². The first-order chi connectivity index (χ1) is 12.3. The van der Waals surface area contributed by atoms with Crippen molar-refractivity contribution in [2.45, 2.75) is 77.0 Å². The van der Waals surface area contributed by atoms with E-state index in [0.29, 0.717) is 0 Å². The van der Waals surface area contributed by atoms with Crippen LogP contribution in [0.3, 0.4) is 0 Å². The van der Waals surface area contributed by atoms with E-state index in [1.54, 1.807) is 0 Å². The Bertz CT molecular complexity index is 369. The molecule has 0 heterocycles. The number of hydrogen-bond acceptors (Lipinski definition) is 0. The molecule has 150 valence electrons. The summed E-state index contributed by atoms with van der Waals surface area (Å²) >= 11 is 0. The molecule has 2 nitrogen and oxygen atoms in total. The number of quaternary nitrogens is 2. The highest BCUT2D eigenvalue weighted by Gasteiger charge is 2.13.